The fourth-order valence-corrected chi connectivity index (χ4v) is 5.55. The maximum absolute atomic E-state index is 15.2. The van der Waals surface area contributed by atoms with Gasteiger partial charge in [-0.15, -0.1) is 0 Å². The number of aryl methyl sites for hydroxylation is 1. The Morgan fingerprint density at radius 2 is 1.80 bits per heavy atom. The van der Waals surface area contributed by atoms with E-state index in [1.807, 2.05) is 25.8 Å². The van der Waals surface area contributed by atoms with Gasteiger partial charge in [0.1, 0.15) is 17.6 Å². The monoisotopic (exact) mass is 556 g/mol. The molecule has 0 spiro atoms. The molecular formula is C29H41FN6O4. The van der Waals surface area contributed by atoms with Gasteiger partial charge in [-0.25, -0.2) is 9.02 Å². The second-order valence-electron chi connectivity index (χ2n) is 11.4. The minimum atomic E-state index is -0.861. The third-order valence-corrected chi connectivity index (χ3v) is 8.36. The number of benzene rings is 1. The number of rotatable bonds is 9. The third kappa shape index (κ3) is 7.24. The zero-order chi connectivity index (χ0) is 28.8. The molecule has 218 valence electrons. The molecule has 2 heterocycles. The van der Waals surface area contributed by atoms with E-state index in [1.165, 1.54) is 12.1 Å². The zero-order valence-electron chi connectivity index (χ0n) is 23.9. The summed E-state index contributed by atoms with van der Waals surface area (Å²) in [5.41, 5.74) is 1.19. The quantitative estimate of drug-likeness (QED) is 0.484. The first kappa shape index (κ1) is 29.6. The molecule has 0 unspecified atom stereocenters. The van der Waals surface area contributed by atoms with Gasteiger partial charge in [0.25, 0.3) is 5.91 Å². The summed E-state index contributed by atoms with van der Waals surface area (Å²) in [5, 5.41) is 13.0. The van der Waals surface area contributed by atoms with Crippen LogP contribution >= 0.6 is 0 Å². The topological polar surface area (TPSA) is 121 Å². The molecular weight excluding hydrogens is 515 g/mol. The first-order valence-electron chi connectivity index (χ1n) is 14.3. The van der Waals surface area contributed by atoms with Gasteiger partial charge in [-0.2, -0.15) is 0 Å². The molecule has 0 radical (unpaired) electrons. The van der Waals surface area contributed by atoms with E-state index in [4.69, 9.17) is 4.63 Å². The minimum absolute atomic E-state index is 0.0344. The molecule has 10 nitrogen and oxygen atoms in total. The standard InChI is InChI=1S/C29H41FN6O4/c1-5-23-27(34-40-33-23)29(39)32-26(20-8-6-18(2)7-9-20)28(38)31-24-11-10-21(17-22(24)30)19(3)16-25(37)36-14-12-35(4)13-15-36/h10-11,17-20,26H,5-9,12-16H2,1-4H3,(H,31,38)(H,32,39)/t18?,19-,20?,26+/m1/s1. The average Bonchev–Trinajstić information content (AvgIpc) is 3.43. The molecule has 1 aromatic carbocycles. The highest BCUT2D eigenvalue weighted by molar-refractivity contribution is 6.01. The van der Waals surface area contributed by atoms with Crippen molar-refractivity contribution in [1.82, 2.24) is 25.4 Å². The molecule has 2 N–H and O–H groups in total. The van der Waals surface area contributed by atoms with Crippen LogP contribution in [0.5, 0.6) is 0 Å². The summed E-state index contributed by atoms with van der Waals surface area (Å²) < 4.78 is 19.9. The van der Waals surface area contributed by atoms with E-state index < -0.39 is 23.7 Å². The fourth-order valence-electron chi connectivity index (χ4n) is 5.55. The van der Waals surface area contributed by atoms with Crippen molar-refractivity contribution < 1.29 is 23.4 Å². The van der Waals surface area contributed by atoms with E-state index in [0.29, 0.717) is 43.1 Å². The Balaban J connectivity index is 1.43. The summed E-state index contributed by atoms with van der Waals surface area (Å²) in [7, 11) is 2.04. The van der Waals surface area contributed by atoms with Crippen LogP contribution in [0.15, 0.2) is 22.8 Å². The molecule has 1 saturated carbocycles. The van der Waals surface area contributed by atoms with Gasteiger partial charge in [-0.3, -0.25) is 14.4 Å². The molecule has 2 aromatic rings. The van der Waals surface area contributed by atoms with Crippen molar-refractivity contribution in [2.45, 2.75) is 71.3 Å². The number of halogens is 1. The van der Waals surface area contributed by atoms with Crippen LogP contribution in [0.1, 0.15) is 80.5 Å². The van der Waals surface area contributed by atoms with Crippen LogP contribution in [0.25, 0.3) is 0 Å². The van der Waals surface area contributed by atoms with Gasteiger partial charge in [-0.05, 0) is 66.9 Å². The maximum atomic E-state index is 15.2. The van der Waals surface area contributed by atoms with Gasteiger partial charge >= 0.3 is 0 Å². The molecule has 40 heavy (non-hydrogen) atoms. The summed E-state index contributed by atoms with van der Waals surface area (Å²) in [6.07, 6.45) is 4.20. The lowest BCUT2D eigenvalue weighted by molar-refractivity contribution is -0.133. The molecule has 2 fully saturated rings. The normalized spacial score (nSPS) is 21.5. The van der Waals surface area contributed by atoms with Crippen LogP contribution in [0.2, 0.25) is 0 Å². The largest absolute Gasteiger partial charge is 0.340 e. The molecule has 3 amide bonds. The lowest BCUT2D eigenvalue weighted by Gasteiger charge is -2.33. The van der Waals surface area contributed by atoms with Crippen LogP contribution in [-0.2, 0) is 16.0 Å². The number of amides is 3. The fraction of sp³-hybridized carbons (Fsp3) is 0.621. The van der Waals surface area contributed by atoms with Crippen LogP contribution in [0.4, 0.5) is 10.1 Å². The van der Waals surface area contributed by atoms with Crippen molar-refractivity contribution >= 4 is 23.4 Å². The molecule has 4 rings (SSSR count). The zero-order valence-corrected chi connectivity index (χ0v) is 23.9. The Labute approximate surface area is 235 Å². The molecule has 1 aromatic heterocycles. The number of likely N-dealkylation sites (N-methyl/N-ethyl adjacent to an activating group) is 1. The Morgan fingerprint density at radius 3 is 2.45 bits per heavy atom. The van der Waals surface area contributed by atoms with Crippen LogP contribution in [0.3, 0.4) is 0 Å². The lowest BCUT2D eigenvalue weighted by atomic mass is 9.79. The van der Waals surface area contributed by atoms with E-state index in [9.17, 15) is 14.4 Å². The number of piperazine rings is 1. The number of anilines is 1. The molecule has 11 heteroatoms. The predicted molar refractivity (Wildman–Crippen MR) is 148 cm³/mol. The summed E-state index contributed by atoms with van der Waals surface area (Å²) in [4.78, 5) is 43.3. The van der Waals surface area contributed by atoms with Gasteiger partial charge in [0.15, 0.2) is 5.69 Å². The molecule has 2 atom stereocenters. The third-order valence-electron chi connectivity index (χ3n) is 8.36. The van der Waals surface area contributed by atoms with Gasteiger partial charge < -0.3 is 20.4 Å². The second kappa shape index (κ2) is 13.3. The predicted octanol–water partition coefficient (Wildman–Crippen LogP) is 3.60. The SMILES string of the molecule is CCc1nonc1C(=O)N[C@H](C(=O)Nc1ccc([C@H](C)CC(=O)N2CCN(C)CC2)cc1F)C1CCC(C)CC1. The lowest BCUT2D eigenvalue weighted by Crippen LogP contribution is -2.49. The van der Waals surface area contributed by atoms with Crippen molar-refractivity contribution in [3.63, 3.8) is 0 Å². The van der Waals surface area contributed by atoms with Gasteiger partial charge in [0, 0.05) is 32.6 Å². The van der Waals surface area contributed by atoms with Gasteiger partial charge in [-0.1, -0.05) is 44.8 Å². The van der Waals surface area contributed by atoms with Gasteiger partial charge in [0.2, 0.25) is 11.8 Å². The number of hydrogen-bond donors (Lipinski definition) is 2. The highest BCUT2D eigenvalue weighted by Gasteiger charge is 2.34. The van der Waals surface area contributed by atoms with Crippen molar-refractivity contribution in [1.29, 1.82) is 0 Å². The Bertz CT molecular complexity index is 1190. The van der Waals surface area contributed by atoms with Crippen molar-refractivity contribution in [2.24, 2.45) is 11.8 Å². The number of nitrogens with one attached hydrogen (secondary N) is 2. The first-order chi connectivity index (χ1) is 19.2. The number of hydrogen-bond acceptors (Lipinski definition) is 7. The van der Waals surface area contributed by atoms with E-state index in [0.717, 1.165) is 38.8 Å². The first-order valence-corrected chi connectivity index (χ1v) is 14.3. The highest BCUT2D eigenvalue weighted by Crippen LogP contribution is 2.32. The Morgan fingerprint density at radius 1 is 1.10 bits per heavy atom. The van der Waals surface area contributed by atoms with Crippen LogP contribution in [0, 0.1) is 17.7 Å². The maximum Gasteiger partial charge on any atom is 0.276 e. The second-order valence-corrected chi connectivity index (χ2v) is 11.4. The number of aromatic nitrogens is 2. The number of carbonyl (C=O) groups is 3. The smallest absolute Gasteiger partial charge is 0.276 e. The van der Waals surface area contributed by atoms with E-state index in [2.05, 4.69) is 32.8 Å². The number of carbonyl (C=O) groups excluding carboxylic acids is 3. The van der Waals surface area contributed by atoms with E-state index in [1.54, 1.807) is 6.07 Å². The van der Waals surface area contributed by atoms with Crippen molar-refractivity contribution in [3.8, 4) is 0 Å². The summed E-state index contributed by atoms with van der Waals surface area (Å²) >= 11 is 0. The molecule has 1 saturated heterocycles. The molecule has 0 bridgehead atoms. The summed E-state index contributed by atoms with van der Waals surface area (Å²) in [5.74, 6) is -1.25. The van der Waals surface area contributed by atoms with Gasteiger partial charge in [0.05, 0.1) is 5.69 Å². The van der Waals surface area contributed by atoms with Crippen LogP contribution in [-0.4, -0.2) is 77.1 Å². The Hall–Kier alpha value is -3.34. The molecule has 2 aliphatic rings. The summed E-state index contributed by atoms with van der Waals surface area (Å²) in [6.45, 7) is 9.00. The van der Waals surface area contributed by atoms with Crippen LogP contribution < -0.4 is 10.6 Å². The molecule has 1 aliphatic heterocycles. The highest BCUT2D eigenvalue weighted by atomic mass is 19.1. The Kier molecular flexibility index (Phi) is 9.89. The number of nitrogens with zero attached hydrogens (tertiary/aromatic N) is 4. The minimum Gasteiger partial charge on any atom is -0.340 e. The van der Waals surface area contributed by atoms with Crippen molar-refractivity contribution in [2.75, 3.05) is 38.5 Å². The molecule has 1 aliphatic carbocycles. The van der Waals surface area contributed by atoms with Crippen molar-refractivity contribution in [3.05, 3.63) is 41.0 Å². The average molecular weight is 557 g/mol. The van der Waals surface area contributed by atoms with E-state index >= 15 is 4.39 Å². The summed E-state index contributed by atoms with van der Waals surface area (Å²) in [6, 6.07) is 3.78. The van der Waals surface area contributed by atoms with E-state index in [-0.39, 0.29) is 29.1 Å².